The number of hydrogen-bond acceptors (Lipinski definition) is 4. The molecule has 0 aromatic heterocycles. The number of aryl methyl sites for hydroxylation is 1. The Morgan fingerprint density at radius 3 is 2.63 bits per heavy atom. The molecule has 0 saturated heterocycles. The van der Waals surface area contributed by atoms with E-state index >= 15 is 0 Å². The van der Waals surface area contributed by atoms with Crippen LogP contribution in [0.4, 0.5) is 0 Å². The number of hydrogen-bond donors (Lipinski definition) is 2. The summed E-state index contributed by atoms with van der Waals surface area (Å²) < 4.78 is 11.0. The van der Waals surface area contributed by atoms with Crippen molar-refractivity contribution in [2.24, 2.45) is 16.3 Å². The molecular formula is C14H22N2O3. The highest BCUT2D eigenvalue weighted by molar-refractivity contribution is 5.85. The molecule has 1 aromatic carbocycles. The molecule has 0 radical (unpaired) electrons. The molecule has 0 saturated carbocycles. The number of benzene rings is 1. The van der Waals surface area contributed by atoms with Crippen LogP contribution in [-0.2, 0) is 0 Å². The van der Waals surface area contributed by atoms with Crippen LogP contribution < -0.4 is 15.2 Å². The zero-order valence-electron chi connectivity index (χ0n) is 11.9. The van der Waals surface area contributed by atoms with Gasteiger partial charge in [0.1, 0.15) is 5.84 Å². The van der Waals surface area contributed by atoms with Crippen LogP contribution in [0, 0.1) is 12.3 Å². The van der Waals surface area contributed by atoms with Crippen LogP contribution in [0.2, 0.25) is 0 Å². The van der Waals surface area contributed by atoms with Crippen LogP contribution in [0.15, 0.2) is 23.4 Å². The third kappa shape index (κ3) is 4.05. The number of ether oxygens (including phenoxy) is 2. The maximum absolute atomic E-state index is 8.70. The van der Waals surface area contributed by atoms with Crippen molar-refractivity contribution in [3.05, 3.63) is 23.8 Å². The molecule has 0 heterocycles. The van der Waals surface area contributed by atoms with Gasteiger partial charge in [-0.1, -0.05) is 25.1 Å². The van der Waals surface area contributed by atoms with Gasteiger partial charge in [0.15, 0.2) is 11.5 Å². The van der Waals surface area contributed by atoms with E-state index in [0.717, 1.165) is 5.56 Å². The molecular weight excluding hydrogens is 244 g/mol. The lowest BCUT2D eigenvalue weighted by Gasteiger charge is -2.23. The lowest BCUT2D eigenvalue weighted by Crippen LogP contribution is -2.33. The van der Waals surface area contributed by atoms with Crippen LogP contribution in [0.25, 0.3) is 0 Å². The lowest BCUT2D eigenvalue weighted by molar-refractivity contribution is 0.250. The van der Waals surface area contributed by atoms with Crippen LogP contribution in [0.3, 0.4) is 0 Å². The Kier molecular flexibility index (Phi) is 5.03. The molecule has 5 nitrogen and oxygen atoms in total. The van der Waals surface area contributed by atoms with Gasteiger partial charge in [-0.15, -0.1) is 0 Å². The third-order valence-corrected chi connectivity index (χ3v) is 3.10. The van der Waals surface area contributed by atoms with Crippen molar-refractivity contribution in [3.63, 3.8) is 0 Å². The Bertz CT molecular complexity index is 456. The highest BCUT2D eigenvalue weighted by atomic mass is 16.5. The Morgan fingerprint density at radius 2 is 2.05 bits per heavy atom. The molecule has 0 atom stereocenters. The summed E-state index contributed by atoms with van der Waals surface area (Å²) >= 11 is 0. The second-order valence-corrected chi connectivity index (χ2v) is 5.12. The summed E-state index contributed by atoms with van der Waals surface area (Å²) in [6.45, 7) is 6.26. The summed E-state index contributed by atoms with van der Waals surface area (Å²) in [6, 6.07) is 5.77. The fourth-order valence-corrected chi connectivity index (χ4v) is 1.57. The first kappa shape index (κ1) is 15.1. The van der Waals surface area contributed by atoms with Crippen LogP contribution >= 0.6 is 0 Å². The topological polar surface area (TPSA) is 77.1 Å². The highest BCUT2D eigenvalue weighted by Gasteiger charge is 2.23. The van der Waals surface area contributed by atoms with Crippen molar-refractivity contribution in [1.29, 1.82) is 0 Å². The van der Waals surface area contributed by atoms with Gasteiger partial charge in [-0.25, -0.2) is 0 Å². The molecule has 106 valence electrons. The fraction of sp³-hybridized carbons (Fsp3) is 0.500. The third-order valence-electron chi connectivity index (χ3n) is 3.10. The molecule has 0 unspecified atom stereocenters. The number of nitrogens with two attached hydrogens (primary N) is 1. The smallest absolute Gasteiger partial charge is 0.161 e. The molecule has 19 heavy (non-hydrogen) atoms. The zero-order valence-corrected chi connectivity index (χ0v) is 11.9. The first-order valence-electron chi connectivity index (χ1n) is 6.16. The molecule has 3 N–H and O–H groups in total. The van der Waals surface area contributed by atoms with Crippen LogP contribution in [0.1, 0.15) is 25.8 Å². The summed E-state index contributed by atoms with van der Waals surface area (Å²) in [6.07, 6.45) is 0.639. The molecule has 0 aliphatic carbocycles. The van der Waals surface area contributed by atoms with Crippen LogP contribution in [0.5, 0.6) is 11.5 Å². The predicted octanol–water partition coefficient (Wildman–Crippen LogP) is 2.55. The minimum atomic E-state index is -0.410. The average Bonchev–Trinajstić information content (AvgIpc) is 2.39. The standard InChI is InChI=1S/C14H22N2O3/c1-10-5-6-11(12(9-10)18-4)19-8-7-14(2,3)13(15)16-17/h5-6,9,17H,7-8H2,1-4H3,(H2,15,16). The second kappa shape index (κ2) is 6.31. The zero-order chi connectivity index (χ0) is 14.5. The van der Waals surface area contributed by atoms with Crippen LogP contribution in [-0.4, -0.2) is 24.8 Å². The largest absolute Gasteiger partial charge is 0.493 e. The van der Waals surface area contributed by atoms with Gasteiger partial charge < -0.3 is 20.4 Å². The molecule has 1 rings (SSSR count). The SMILES string of the molecule is COc1cc(C)ccc1OCCC(C)(C)C(N)=NO. The molecule has 5 heteroatoms. The van der Waals surface area contributed by atoms with E-state index in [1.54, 1.807) is 7.11 Å². The Balaban J connectivity index is 2.63. The second-order valence-electron chi connectivity index (χ2n) is 5.12. The molecule has 0 fully saturated rings. The summed E-state index contributed by atoms with van der Waals surface area (Å²) in [7, 11) is 1.61. The van der Waals surface area contributed by atoms with Gasteiger partial charge >= 0.3 is 0 Å². The quantitative estimate of drug-likeness (QED) is 0.359. The Morgan fingerprint density at radius 1 is 1.37 bits per heavy atom. The van der Waals surface area contributed by atoms with Gasteiger partial charge in [-0.3, -0.25) is 0 Å². The first-order valence-corrected chi connectivity index (χ1v) is 6.16. The van der Waals surface area contributed by atoms with Crippen molar-refractivity contribution in [3.8, 4) is 11.5 Å². The van der Waals surface area contributed by atoms with Gasteiger partial charge in [0.05, 0.1) is 13.7 Å². The summed E-state index contributed by atoms with van der Waals surface area (Å²) in [5.41, 5.74) is 6.33. The number of nitrogens with zero attached hydrogens (tertiary/aromatic N) is 1. The summed E-state index contributed by atoms with van der Waals surface area (Å²) in [5, 5.41) is 11.7. The number of amidine groups is 1. The first-order chi connectivity index (χ1) is 8.90. The van der Waals surface area contributed by atoms with Gasteiger partial charge in [-0.05, 0) is 31.0 Å². The van der Waals surface area contributed by atoms with Gasteiger partial charge in [0.2, 0.25) is 0 Å². The van der Waals surface area contributed by atoms with E-state index in [0.29, 0.717) is 24.5 Å². The van der Waals surface area contributed by atoms with Crippen molar-refractivity contribution in [2.75, 3.05) is 13.7 Å². The van der Waals surface area contributed by atoms with Crippen molar-refractivity contribution in [1.82, 2.24) is 0 Å². The minimum absolute atomic E-state index is 0.201. The molecule has 0 aliphatic heterocycles. The number of oxime groups is 1. The Hall–Kier alpha value is -1.91. The molecule has 0 spiro atoms. The van der Waals surface area contributed by atoms with E-state index in [9.17, 15) is 0 Å². The highest BCUT2D eigenvalue weighted by Crippen LogP contribution is 2.29. The van der Waals surface area contributed by atoms with Gasteiger partial charge in [-0.2, -0.15) is 0 Å². The maximum atomic E-state index is 8.70. The average molecular weight is 266 g/mol. The summed E-state index contributed by atoms with van der Waals surface area (Å²) in [5.74, 6) is 1.61. The van der Waals surface area contributed by atoms with Gasteiger partial charge in [0.25, 0.3) is 0 Å². The monoisotopic (exact) mass is 266 g/mol. The van der Waals surface area contributed by atoms with E-state index in [4.69, 9.17) is 20.4 Å². The van der Waals surface area contributed by atoms with E-state index in [1.165, 1.54) is 0 Å². The lowest BCUT2D eigenvalue weighted by atomic mass is 9.88. The molecule has 1 aromatic rings. The number of rotatable bonds is 6. The Labute approximate surface area is 114 Å². The van der Waals surface area contributed by atoms with Crippen molar-refractivity contribution >= 4 is 5.84 Å². The number of methoxy groups -OCH3 is 1. The molecule has 0 bridgehead atoms. The molecule has 0 amide bonds. The van der Waals surface area contributed by atoms with Crippen molar-refractivity contribution in [2.45, 2.75) is 27.2 Å². The van der Waals surface area contributed by atoms with E-state index < -0.39 is 5.41 Å². The molecule has 0 aliphatic rings. The van der Waals surface area contributed by atoms with E-state index in [-0.39, 0.29) is 5.84 Å². The van der Waals surface area contributed by atoms with E-state index in [1.807, 2.05) is 39.0 Å². The van der Waals surface area contributed by atoms with Gasteiger partial charge in [0, 0.05) is 5.41 Å². The maximum Gasteiger partial charge on any atom is 0.161 e. The minimum Gasteiger partial charge on any atom is -0.493 e. The fourth-order valence-electron chi connectivity index (χ4n) is 1.57. The normalized spacial score (nSPS) is 12.3. The van der Waals surface area contributed by atoms with Crippen molar-refractivity contribution < 1.29 is 14.7 Å². The predicted molar refractivity (Wildman–Crippen MR) is 75.0 cm³/mol. The summed E-state index contributed by atoms with van der Waals surface area (Å²) in [4.78, 5) is 0. The van der Waals surface area contributed by atoms with E-state index in [2.05, 4.69) is 5.16 Å².